The summed E-state index contributed by atoms with van der Waals surface area (Å²) in [5, 5.41) is 5.84. The number of anilines is 1. The molecule has 0 aliphatic carbocycles. The molecular formula is C13H20N4O2. The summed E-state index contributed by atoms with van der Waals surface area (Å²) in [7, 11) is 0. The van der Waals surface area contributed by atoms with Crippen LogP contribution in [-0.2, 0) is 4.79 Å². The lowest BCUT2D eigenvalue weighted by Crippen LogP contribution is -2.28. The average molecular weight is 264 g/mol. The van der Waals surface area contributed by atoms with Gasteiger partial charge in [0.2, 0.25) is 11.8 Å². The summed E-state index contributed by atoms with van der Waals surface area (Å²) in [5.74, 6) is 0.559. The Kier molecular flexibility index (Phi) is 5.78. The first-order valence-electron chi connectivity index (χ1n) is 6.25. The number of carbonyl (C=O) groups excluding carboxylic acids is 2. The first-order chi connectivity index (χ1) is 8.99. The summed E-state index contributed by atoms with van der Waals surface area (Å²) in [6, 6.07) is 3.25. The molecule has 1 aromatic rings. The zero-order valence-electron chi connectivity index (χ0n) is 11.3. The molecule has 2 amide bonds. The molecule has 1 rings (SSSR count). The molecule has 0 radical (unpaired) electrons. The summed E-state index contributed by atoms with van der Waals surface area (Å²) in [5.41, 5.74) is 5.47. The van der Waals surface area contributed by atoms with E-state index >= 15 is 0 Å². The van der Waals surface area contributed by atoms with Gasteiger partial charge in [-0.3, -0.25) is 9.59 Å². The number of amides is 2. The van der Waals surface area contributed by atoms with Crippen molar-refractivity contribution in [2.24, 2.45) is 11.7 Å². The molecule has 0 bridgehead atoms. The van der Waals surface area contributed by atoms with Crippen LogP contribution in [0.3, 0.4) is 0 Å². The number of nitrogens with one attached hydrogen (secondary N) is 2. The van der Waals surface area contributed by atoms with Crippen LogP contribution in [0, 0.1) is 5.92 Å². The monoisotopic (exact) mass is 264 g/mol. The minimum atomic E-state index is -0.507. The number of carbonyl (C=O) groups is 2. The van der Waals surface area contributed by atoms with Crippen molar-refractivity contribution < 1.29 is 9.59 Å². The quantitative estimate of drug-likeness (QED) is 0.677. The van der Waals surface area contributed by atoms with Crippen molar-refractivity contribution in [1.29, 1.82) is 0 Å². The van der Waals surface area contributed by atoms with Crippen LogP contribution in [0.2, 0.25) is 0 Å². The maximum Gasteiger partial charge on any atom is 0.250 e. The van der Waals surface area contributed by atoms with Crippen molar-refractivity contribution in [3.63, 3.8) is 0 Å². The van der Waals surface area contributed by atoms with E-state index in [1.54, 1.807) is 12.1 Å². The number of primary amides is 1. The Morgan fingerprint density at radius 2 is 2.11 bits per heavy atom. The molecule has 0 aromatic carbocycles. The highest BCUT2D eigenvalue weighted by atomic mass is 16.1. The second-order valence-electron chi connectivity index (χ2n) is 4.67. The van der Waals surface area contributed by atoms with Gasteiger partial charge in [0.25, 0.3) is 0 Å². The van der Waals surface area contributed by atoms with Gasteiger partial charge < -0.3 is 16.4 Å². The zero-order valence-corrected chi connectivity index (χ0v) is 11.3. The molecule has 0 aliphatic rings. The van der Waals surface area contributed by atoms with Gasteiger partial charge >= 0.3 is 0 Å². The maximum absolute atomic E-state index is 11.4. The van der Waals surface area contributed by atoms with E-state index in [1.165, 1.54) is 6.20 Å². The molecule has 0 spiro atoms. The fourth-order valence-corrected chi connectivity index (χ4v) is 1.35. The molecule has 0 unspecified atom stereocenters. The normalized spacial score (nSPS) is 10.3. The fourth-order valence-electron chi connectivity index (χ4n) is 1.35. The Morgan fingerprint density at radius 1 is 1.37 bits per heavy atom. The van der Waals surface area contributed by atoms with Crippen LogP contribution in [0.1, 0.15) is 30.6 Å². The molecule has 6 nitrogen and oxygen atoms in total. The van der Waals surface area contributed by atoms with Crippen LogP contribution in [0.4, 0.5) is 5.82 Å². The van der Waals surface area contributed by atoms with Crippen LogP contribution in [0.25, 0.3) is 0 Å². The van der Waals surface area contributed by atoms with E-state index in [0.717, 1.165) is 0 Å². The third-order valence-electron chi connectivity index (χ3n) is 2.41. The van der Waals surface area contributed by atoms with Gasteiger partial charge in [0.05, 0.1) is 5.56 Å². The van der Waals surface area contributed by atoms with Crippen molar-refractivity contribution in [1.82, 2.24) is 10.3 Å². The number of hydrogen-bond acceptors (Lipinski definition) is 4. The molecular weight excluding hydrogens is 244 g/mol. The predicted octanol–water partition coefficient (Wildman–Crippen LogP) is 0.755. The summed E-state index contributed by atoms with van der Waals surface area (Å²) in [6.07, 6.45) is 1.79. The molecule has 1 aromatic heterocycles. The highest BCUT2D eigenvalue weighted by molar-refractivity contribution is 5.92. The molecule has 19 heavy (non-hydrogen) atoms. The standard InChI is InChI=1S/C13H20N4O2/c1-9(2)7-17-12(18)5-6-15-11-4-3-10(8-16-11)13(14)19/h3-4,8-9H,5-7H2,1-2H3,(H2,14,19)(H,15,16)(H,17,18). The van der Waals surface area contributed by atoms with Crippen molar-refractivity contribution >= 4 is 17.6 Å². The van der Waals surface area contributed by atoms with Gasteiger partial charge in [-0.25, -0.2) is 4.98 Å². The van der Waals surface area contributed by atoms with E-state index in [1.807, 2.05) is 13.8 Å². The Bertz CT molecular complexity index is 429. The third kappa shape index (κ3) is 5.85. The van der Waals surface area contributed by atoms with Crippen LogP contribution < -0.4 is 16.4 Å². The number of rotatable bonds is 7. The summed E-state index contributed by atoms with van der Waals surface area (Å²) in [4.78, 5) is 26.3. The second-order valence-corrected chi connectivity index (χ2v) is 4.67. The van der Waals surface area contributed by atoms with Gasteiger partial charge in [0.15, 0.2) is 0 Å². The lowest BCUT2D eigenvalue weighted by atomic mass is 10.2. The molecule has 1 heterocycles. The second kappa shape index (κ2) is 7.35. The van der Waals surface area contributed by atoms with Crippen molar-refractivity contribution in [2.45, 2.75) is 20.3 Å². The fraction of sp³-hybridized carbons (Fsp3) is 0.462. The third-order valence-corrected chi connectivity index (χ3v) is 2.41. The van der Waals surface area contributed by atoms with Gasteiger partial charge in [0, 0.05) is 25.7 Å². The number of pyridine rings is 1. The Balaban J connectivity index is 2.29. The summed E-state index contributed by atoms with van der Waals surface area (Å²) in [6.45, 7) is 5.27. The molecule has 0 fully saturated rings. The van der Waals surface area contributed by atoms with Crippen molar-refractivity contribution in [3.8, 4) is 0 Å². The molecule has 104 valence electrons. The van der Waals surface area contributed by atoms with Gasteiger partial charge in [-0.15, -0.1) is 0 Å². The van der Waals surface area contributed by atoms with Crippen LogP contribution in [0.5, 0.6) is 0 Å². The lowest BCUT2D eigenvalue weighted by molar-refractivity contribution is -0.120. The topological polar surface area (TPSA) is 97.1 Å². The smallest absolute Gasteiger partial charge is 0.250 e. The lowest BCUT2D eigenvalue weighted by Gasteiger charge is -2.08. The molecule has 0 saturated carbocycles. The van der Waals surface area contributed by atoms with E-state index in [9.17, 15) is 9.59 Å². The zero-order chi connectivity index (χ0) is 14.3. The number of aromatic nitrogens is 1. The van der Waals surface area contributed by atoms with Gasteiger partial charge in [0.1, 0.15) is 5.82 Å². The van der Waals surface area contributed by atoms with Crippen LogP contribution >= 0.6 is 0 Å². The maximum atomic E-state index is 11.4. The Morgan fingerprint density at radius 3 is 2.63 bits per heavy atom. The summed E-state index contributed by atoms with van der Waals surface area (Å²) >= 11 is 0. The first-order valence-corrected chi connectivity index (χ1v) is 6.25. The molecule has 0 aliphatic heterocycles. The Labute approximate surface area is 112 Å². The van der Waals surface area contributed by atoms with E-state index in [2.05, 4.69) is 15.6 Å². The molecule has 0 saturated heterocycles. The molecule has 0 atom stereocenters. The van der Waals surface area contributed by atoms with Crippen LogP contribution in [-0.4, -0.2) is 29.9 Å². The van der Waals surface area contributed by atoms with E-state index in [-0.39, 0.29) is 5.91 Å². The minimum Gasteiger partial charge on any atom is -0.370 e. The highest BCUT2D eigenvalue weighted by Gasteiger charge is 2.03. The summed E-state index contributed by atoms with van der Waals surface area (Å²) < 4.78 is 0. The van der Waals surface area contributed by atoms with Gasteiger partial charge in [-0.05, 0) is 18.1 Å². The van der Waals surface area contributed by atoms with E-state index in [4.69, 9.17) is 5.73 Å². The van der Waals surface area contributed by atoms with Crippen molar-refractivity contribution in [2.75, 3.05) is 18.4 Å². The first kappa shape index (κ1) is 14.9. The average Bonchev–Trinajstić information content (AvgIpc) is 2.37. The van der Waals surface area contributed by atoms with Gasteiger partial charge in [-0.2, -0.15) is 0 Å². The number of nitrogens with two attached hydrogens (primary N) is 1. The number of hydrogen-bond donors (Lipinski definition) is 3. The largest absolute Gasteiger partial charge is 0.370 e. The van der Waals surface area contributed by atoms with Crippen molar-refractivity contribution in [3.05, 3.63) is 23.9 Å². The SMILES string of the molecule is CC(C)CNC(=O)CCNc1ccc(C(N)=O)cn1. The Hall–Kier alpha value is -2.11. The van der Waals surface area contributed by atoms with E-state index in [0.29, 0.717) is 36.8 Å². The van der Waals surface area contributed by atoms with Gasteiger partial charge in [-0.1, -0.05) is 13.8 Å². The predicted molar refractivity (Wildman–Crippen MR) is 73.7 cm³/mol. The number of nitrogens with zero attached hydrogens (tertiary/aromatic N) is 1. The minimum absolute atomic E-state index is 0.00922. The van der Waals surface area contributed by atoms with E-state index < -0.39 is 5.91 Å². The molecule has 4 N–H and O–H groups in total. The molecule has 6 heteroatoms. The highest BCUT2D eigenvalue weighted by Crippen LogP contribution is 2.04. The van der Waals surface area contributed by atoms with Crippen LogP contribution in [0.15, 0.2) is 18.3 Å².